The number of nitrogens with two attached hydrogens (primary N) is 1. The van der Waals surface area contributed by atoms with Gasteiger partial charge in [-0.2, -0.15) is 50.8 Å². The van der Waals surface area contributed by atoms with Gasteiger partial charge in [-0.1, -0.05) is 6.07 Å². The molecule has 0 spiro atoms. The number of amides is 2. The molecule has 1 aromatic carbocycles. The number of carbonyl (C=O) groups excluding carboxylic acids is 2. The maximum atomic E-state index is 14.1. The van der Waals surface area contributed by atoms with Crippen molar-refractivity contribution in [2.45, 2.75) is 38.4 Å². The summed E-state index contributed by atoms with van der Waals surface area (Å²) >= 11 is 1.97. The Kier molecular flexibility index (Phi) is 8.04. The maximum Gasteiger partial charge on any atom is 0.460 e. The molecule has 3 aromatic heterocycles. The number of primary amides is 1. The molecule has 0 radical (unpaired) electrons. The lowest BCUT2D eigenvalue weighted by Gasteiger charge is -2.26. The monoisotopic (exact) mass is 710 g/mol. The van der Waals surface area contributed by atoms with Crippen molar-refractivity contribution in [2.75, 3.05) is 5.32 Å². The molecule has 42 heavy (non-hydrogen) atoms. The number of alkyl halides is 7. The standard InChI is InChI=1S/C24H18F7IN8O2/c1-11-4-3-5-34-20(11)40-16(21(42)36-18-12(2)6-13(32)7-15(18)19(33)41)8-14(37-40)10-39-35-9-17(38-39)22(25,26)23(27,28)24(29,30)31/h3-9H,10H2,1-2H3,(H2,33,41)(H,36,42). The highest BCUT2D eigenvalue weighted by Gasteiger charge is 2.74. The third-order valence-corrected chi connectivity index (χ3v) is 6.51. The van der Waals surface area contributed by atoms with Crippen LogP contribution >= 0.6 is 22.6 Å². The predicted octanol–water partition coefficient (Wildman–Crippen LogP) is 4.77. The van der Waals surface area contributed by atoms with Crippen molar-refractivity contribution in [1.82, 2.24) is 29.8 Å². The molecule has 0 unspecified atom stereocenters. The molecule has 18 heteroatoms. The van der Waals surface area contributed by atoms with Gasteiger partial charge in [0.2, 0.25) is 0 Å². The van der Waals surface area contributed by atoms with E-state index in [4.69, 9.17) is 5.73 Å². The van der Waals surface area contributed by atoms with Crippen LogP contribution in [0, 0.1) is 17.4 Å². The zero-order valence-corrected chi connectivity index (χ0v) is 23.5. The van der Waals surface area contributed by atoms with Gasteiger partial charge in [-0.25, -0.2) is 9.67 Å². The second kappa shape index (κ2) is 11.0. The number of anilines is 1. The maximum absolute atomic E-state index is 14.1. The highest BCUT2D eigenvalue weighted by atomic mass is 127. The summed E-state index contributed by atoms with van der Waals surface area (Å²) in [5.74, 6) is -13.6. The van der Waals surface area contributed by atoms with Crippen LogP contribution in [0.15, 0.2) is 42.7 Å². The molecule has 10 nitrogen and oxygen atoms in total. The Morgan fingerprint density at radius 2 is 1.71 bits per heavy atom. The van der Waals surface area contributed by atoms with Crippen LogP contribution in [0.4, 0.5) is 36.4 Å². The van der Waals surface area contributed by atoms with Crippen LogP contribution in [-0.2, 0) is 12.5 Å². The van der Waals surface area contributed by atoms with E-state index in [0.29, 0.717) is 19.5 Å². The smallest absolute Gasteiger partial charge is 0.366 e. The number of benzene rings is 1. The van der Waals surface area contributed by atoms with E-state index in [1.165, 1.54) is 18.3 Å². The van der Waals surface area contributed by atoms with Crippen molar-refractivity contribution in [2.24, 2.45) is 5.73 Å². The van der Waals surface area contributed by atoms with Crippen LogP contribution < -0.4 is 11.1 Å². The zero-order valence-electron chi connectivity index (χ0n) is 21.3. The minimum atomic E-state index is -6.55. The second-order valence-electron chi connectivity index (χ2n) is 8.95. The fourth-order valence-corrected chi connectivity index (χ4v) is 4.59. The van der Waals surface area contributed by atoms with E-state index in [1.807, 2.05) is 22.6 Å². The number of rotatable bonds is 8. The molecule has 0 saturated heterocycles. The van der Waals surface area contributed by atoms with Crippen LogP contribution in [0.5, 0.6) is 0 Å². The first-order valence-electron chi connectivity index (χ1n) is 11.6. The fourth-order valence-electron chi connectivity index (χ4n) is 3.81. The van der Waals surface area contributed by atoms with Crippen LogP contribution in [-0.4, -0.2) is 53.7 Å². The molecule has 222 valence electrons. The second-order valence-corrected chi connectivity index (χ2v) is 10.2. The summed E-state index contributed by atoms with van der Waals surface area (Å²) < 4.78 is 94.6. The number of nitrogens with one attached hydrogen (secondary N) is 1. The van der Waals surface area contributed by atoms with Gasteiger partial charge in [0, 0.05) is 9.77 Å². The van der Waals surface area contributed by atoms with Crippen LogP contribution in [0.2, 0.25) is 0 Å². The van der Waals surface area contributed by atoms with E-state index >= 15 is 0 Å². The van der Waals surface area contributed by atoms with Crippen LogP contribution in [0.25, 0.3) is 5.82 Å². The van der Waals surface area contributed by atoms with Crippen molar-refractivity contribution in [3.05, 3.63) is 80.1 Å². The molecule has 0 aliphatic heterocycles. The van der Waals surface area contributed by atoms with E-state index in [0.717, 1.165) is 4.68 Å². The predicted molar refractivity (Wildman–Crippen MR) is 140 cm³/mol. The Labute approximate surface area is 245 Å². The van der Waals surface area contributed by atoms with Crippen molar-refractivity contribution < 1.29 is 40.3 Å². The van der Waals surface area contributed by atoms with Gasteiger partial charge in [-0.3, -0.25) is 9.59 Å². The lowest BCUT2D eigenvalue weighted by Crippen LogP contribution is -2.50. The van der Waals surface area contributed by atoms with Gasteiger partial charge in [0.1, 0.15) is 12.2 Å². The first-order valence-corrected chi connectivity index (χ1v) is 12.7. The Balaban J connectivity index is 1.73. The quantitative estimate of drug-likeness (QED) is 0.200. The number of halogens is 8. The normalized spacial score (nSPS) is 12.4. The van der Waals surface area contributed by atoms with Crippen LogP contribution in [0.3, 0.4) is 0 Å². The summed E-state index contributed by atoms with van der Waals surface area (Å²) in [5.41, 5.74) is 4.52. The van der Waals surface area contributed by atoms with E-state index < -0.39 is 42.1 Å². The Morgan fingerprint density at radius 3 is 2.33 bits per heavy atom. The molecule has 0 saturated carbocycles. The number of hydrogen-bond acceptors (Lipinski definition) is 6. The number of aromatic nitrogens is 6. The van der Waals surface area contributed by atoms with Gasteiger partial charge in [0.25, 0.3) is 11.8 Å². The fraction of sp³-hybridized carbons (Fsp3) is 0.250. The minimum Gasteiger partial charge on any atom is -0.366 e. The number of nitrogens with zero attached hydrogens (tertiary/aromatic N) is 6. The molecular formula is C24H18F7IN8O2. The van der Waals surface area contributed by atoms with E-state index in [1.54, 1.807) is 32.0 Å². The first-order chi connectivity index (χ1) is 19.4. The highest BCUT2D eigenvalue weighted by molar-refractivity contribution is 14.1. The Morgan fingerprint density at radius 1 is 1.02 bits per heavy atom. The number of carbonyl (C=O) groups is 2. The summed E-state index contributed by atoms with van der Waals surface area (Å²) in [6, 6.07) is 7.61. The van der Waals surface area contributed by atoms with Gasteiger partial charge in [-0.15, -0.1) is 0 Å². The van der Waals surface area contributed by atoms with E-state index in [-0.39, 0.29) is 34.7 Å². The molecular weight excluding hydrogens is 692 g/mol. The number of hydrogen-bond donors (Lipinski definition) is 2. The van der Waals surface area contributed by atoms with E-state index in [2.05, 4.69) is 25.6 Å². The lowest BCUT2D eigenvalue weighted by atomic mass is 10.1. The molecule has 0 aliphatic carbocycles. The largest absolute Gasteiger partial charge is 0.460 e. The zero-order chi connectivity index (χ0) is 31.2. The summed E-state index contributed by atoms with van der Waals surface area (Å²) in [4.78, 5) is 30.1. The molecule has 4 rings (SSSR count). The molecule has 2 amide bonds. The van der Waals surface area contributed by atoms with Crippen molar-refractivity contribution >= 4 is 40.1 Å². The summed E-state index contributed by atoms with van der Waals surface area (Å²) in [6.45, 7) is 2.68. The molecule has 0 bridgehead atoms. The Hall–Kier alpha value is -4.10. The molecule has 0 aliphatic rings. The summed E-state index contributed by atoms with van der Waals surface area (Å²) in [6.07, 6.45) is -5.06. The van der Waals surface area contributed by atoms with Gasteiger partial charge >= 0.3 is 18.0 Å². The summed E-state index contributed by atoms with van der Waals surface area (Å²) in [7, 11) is 0. The molecule has 3 N–H and O–H groups in total. The minimum absolute atomic E-state index is 0.0258. The third kappa shape index (κ3) is 5.66. The third-order valence-electron chi connectivity index (χ3n) is 5.89. The number of pyridine rings is 1. The van der Waals surface area contributed by atoms with Gasteiger partial charge < -0.3 is 11.1 Å². The van der Waals surface area contributed by atoms with E-state index in [9.17, 15) is 40.3 Å². The Bertz CT molecular complexity index is 1680. The van der Waals surface area contributed by atoms with Gasteiger partial charge in [0.05, 0.1) is 23.1 Å². The average molecular weight is 710 g/mol. The van der Waals surface area contributed by atoms with Gasteiger partial charge in [-0.05, 0) is 71.8 Å². The van der Waals surface area contributed by atoms with Crippen molar-refractivity contribution in [3.63, 3.8) is 0 Å². The molecule has 0 fully saturated rings. The van der Waals surface area contributed by atoms with Crippen molar-refractivity contribution in [3.8, 4) is 5.82 Å². The van der Waals surface area contributed by atoms with Crippen LogP contribution in [0.1, 0.15) is 43.4 Å². The highest BCUT2D eigenvalue weighted by Crippen LogP contribution is 2.51. The van der Waals surface area contributed by atoms with Crippen molar-refractivity contribution in [1.29, 1.82) is 0 Å². The lowest BCUT2D eigenvalue weighted by molar-refractivity contribution is -0.360. The molecule has 4 aromatic rings. The molecule has 0 atom stereocenters. The van der Waals surface area contributed by atoms with Gasteiger partial charge in [0.15, 0.2) is 11.5 Å². The topological polar surface area (TPSA) is 134 Å². The average Bonchev–Trinajstić information content (AvgIpc) is 3.53. The summed E-state index contributed by atoms with van der Waals surface area (Å²) in [5, 5.41) is 13.3. The SMILES string of the molecule is Cc1cccnc1-n1nc(Cn2ncc(C(F)(F)C(F)(F)C(F)(F)F)n2)cc1C(=O)Nc1c(C)cc(I)cc1C(N)=O. The first kappa shape index (κ1) is 30.8. The molecule has 3 heterocycles. The number of aryl methyl sites for hydroxylation is 2.